The zero-order valence-corrected chi connectivity index (χ0v) is 16.9. The lowest BCUT2D eigenvalue weighted by molar-refractivity contribution is 0.383. The Labute approximate surface area is 170 Å². The van der Waals surface area contributed by atoms with Crippen LogP contribution in [0.3, 0.4) is 0 Å². The molecule has 150 valence electrons. The summed E-state index contributed by atoms with van der Waals surface area (Å²) in [6, 6.07) is 20.0. The first kappa shape index (κ1) is 19.4. The van der Waals surface area contributed by atoms with Gasteiger partial charge in [-0.1, -0.05) is 30.3 Å². The molecular weight excluding hydrogens is 388 g/mol. The summed E-state index contributed by atoms with van der Waals surface area (Å²) >= 11 is 0. The van der Waals surface area contributed by atoms with Crippen LogP contribution in [-0.4, -0.2) is 56.2 Å². The van der Waals surface area contributed by atoms with E-state index in [1.165, 1.54) is 4.31 Å². The average molecular weight is 410 g/mol. The van der Waals surface area contributed by atoms with E-state index in [-0.39, 0.29) is 0 Å². The third-order valence-electron chi connectivity index (χ3n) is 4.98. The van der Waals surface area contributed by atoms with Crippen molar-refractivity contribution in [3.8, 4) is 17.0 Å². The second kappa shape index (κ2) is 8.18. The monoisotopic (exact) mass is 410 g/mol. The molecule has 3 aromatic rings. The molecule has 1 aliphatic rings. The van der Waals surface area contributed by atoms with Crippen molar-refractivity contribution in [2.24, 2.45) is 0 Å². The van der Waals surface area contributed by atoms with Gasteiger partial charge in [-0.25, -0.2) is 8.42 Å². The number of rotatable bonds is 5. The van der Waals surface area contributed by atoms with Crippen LogP contribution in [0.25, 0.3) is 11.3 Å². The first-order valence-electron chi connectivity index (χ1n) is 9.37. The second-order valence-electron chi connectivity index (χ2n) is 6.68. The van der Waals surface area contributed by atoms with Crippen LogP contribution in [0, 0.1) is 0 Å². The molecule has 0 amide bonds. The lowest BCUT2D eigenvalue weighted by Gasteiger charge is -2.34. The van der Waals surface area contributed by atoms with Crippen LogP contribution >= 0.6 is 0 Å². The summed E-state index contributed by atoms with van der Waals surface area (Å²) in [5.74, 6) is 1.48. The van der Waals surface area contributed by atoms with Gasteiger partial charge in [0.15, 0.2) is 5.82 Å². The molecule has 0 N–H and O–H groups in total. The van der Waals surface area contributed by atoms with Gasteiger partial charge < -0.3 is 9.64 Å². The van der Waals surface area contributed by atoms with Gasteiger partial charge >= 0.3 is 0 Å². The standard InChI is InChI=1S/C21H22N4O3S/c1-28-20-10-6-5-9-18(20)19-11-12-21(23-22-19)24-13-15-25(16-14-24)29(26,27)17-7-3-2-4-8-17/h2-12H,13-16H2,1H3. The van der Waals surface area contributed by atoms with Gasteiger partial charge in [0, 0.05) is 31.7 Å². The van der Waals surface area contributed by atoms with Crippen molar-refractivity contribution in [2.75, 3.05) is 38.2 Å². The topological polar surface area (TPSA) is 75.6 Å². The molecule has 1 fully saturated rings. The van der Waals surface area contributed by atoms with Crippen molar-refractivity contribution in [3.05, 3.63) is 66.7 Å². The van der Waals surface area contributed by atoms with E-state index in [0.717, 1.165) is 22.8 Å². The molecule has 0 radical (unpaired) electrons. The number of methoxy groups -OCH3 is 1. The van der Waals surface area contributed by atoms with E-state index in [4.69, 9.17) is 4.74 Å². The van der Waals surface area contributed by atoms with Gasteiger partial charge in [0.1, 0.15) is 5.75 Å². The second-order valence-corrected chi connectivity index (χ2v) is 8.62. The van der Waals surface area contributed by atoms with Crippen LogP contribution in [-0.2, 0) is 10.0 Å². The van der Waals surface area contributed by atoms with Crippen LogP contribution in [0.15, 0.2) is 71.6 Å². The van der Waals surface area contributed by atoms with Gasteiger partial charge in [-0.3, -0.25) is 0 Å². The molecule has 0 unspecified atom stereocenters. The molecule has 0 spiro atoms. The highest BCUT2D eigenvalue weighted by Gasteiger charge is 2.28. The normalized spacial score (nSPS) is 15.3. The summed E-state index contributed by atoms with van der Waals surface area (Å²) in [6.45, 7) is 1.95. The number of ether oxygens (including phenoxy) is 1. The van der Waals surface area contributed by atoms with Gasteiger partial charge in [0.05, 0.1) is 17.7 Å². The first-order chi connectivity index (χ1) is 14.1. The number of nitrogens with zero attached hydrogens (tertiary/aromatic N) is 4. The molecule has 29 heavy (non-hydrogen) atoms. The van der Waals surface area contributed by atoms with Crippen molar-refractivity contribution >= 4 is 15.8 Å². The Hall–Kier alpha value is -2.97. The lowest BCUT2D eigenvalue weighted by Crippen LogP contribution is -2.48. The van der Waals surface area contributed by atoms with Crippen molar-refractivity contribution in [2.45, 2.75) is 4.90 Å². The summed E-state index contributed by atoms with van der Waals surface area (Å²) in [4.78, 5) is 2.38. The molecule has 0 atom stereocenters. The maximum absolute atomic E-state index is 12.8. The molecular formula is C21H22N4O3S. The molecule has 2 heterocycles. The summed E-state index contributed by atoms with van der Waals surface area (Å²) in [7, 11) is -1.83. The lowest BCUT2D eigenvalue weighted by atomic mass is 10.1. The maximum atomic E-state index is 12.8. The van der Waals surface area contributed by atoms with Crippen LogP contribution in [0.5, 0.6) is 5.75 Å². The molecule has 0 aliphatic carbocycles. The van der Waals surface area contributed by atoms with Crippen molar-refractivity contribution < 1.29 is 13.2 Å². The van der Waals surface area contributed by atoms with E-state index >= 15 is 0 Å². The third kappa shape index (κ3) is 3.94. The van der Waals surface area contributed by atoms with Crippen LogP contribution in [0.2, 0.25) is 0 Å². The molecule has 7 nitrogen and oxygen atoms in total. The fraction of sp³-hybridized carbons (Fsp3) is 0.238. The number of piperazine rings is 1. The number of sulfonamides is 1. The number of anilines is 1. The Morgan fingerprint density at radius 2 is 1.52 bits per heavy atom. The quantitative estimate of drug-likeness (QED) is 0.644. The molecule has 1 aliphatic heterocycles. The van der Waals surface area contributed by atoms with Gasteiger partial charge in [-0.15, -0.1) is 10.2 Å². The Morgan fingerprint density at radius 3 is 2.17 bits per heavy atom. The minimum Gasteiger partial charge on any atom is -0.496 e. The van der Waals surface area contributed by atoms with E-state index in [9.17, 15) is 8.42 Å². The number of hydrogen-bond acceptors (Lipinski definition) is 6. The summed E-state index contributed by atoms with van der Waals surface area (Å²) in [6.07, 6.45) is 0. The van der Waals surface area contributed by atoms with Gasteiger partial charge in [0.2, 0.25) is 10.0 Å². The molecule has 4 rings (SSSR count). The van der Waals surface area contributed by atoms with E-state index in [0.29, 0.717) is 31.1 Å². The molecule has 1 saturated heterocycles. The zero-order valence-electron chi connectivity index (χ0n) is 16.1. The van der Waals surface area contributed by atoms with E-state index in [1.54, 1.807) is 31.4 Å². The van der Waals surface area contributed by atoms with Crippen molar-refractivity contribution in [1.82, 2.24) is 14.5 Å². The van der Waals surface area contributed by atoms with E-state index < -0.39 is 10.0 Å². The average Bonchev–Trinajstić information content (AvgIpc) is 2.80. The first-order valence-corrected chi connectivity index (χ1v) is 10.8. The highest BCUT2D eigenvalue weighted by atomic mass is 32.2. The SMILES string of the molecule is COc1ccccc1-c1ccc(N2CCN(S(=O)(=O)c3ccccc3)CC2)nn1. The maximum Gasteiger partial charge on any atom is 0.243 e. The van der Waals surface area contributed by atoms with Crippen LogP contribution in [0.4, 0.5) is 5.82 Å². The summed E-state index contributed by atoms with van der Waals surface area (Å²) in [5.41, 5.74) is 1.62. The van der Waals surface area contributed by atoms with Gasteiger partial charge in [-0.2, -0.15) is 4.31 Å². The summed E-state index contributed by atoms with van der Waals surface area (Å²) < 4.78 is 32.4. The van der Waals surface area contributed by atoms with E-state index in [1.807, 2.05) is 42.5 Å². The molecule has 1 aromatic heterocycles. The Morgan fingerprint density at radius 1 is 0.828 bits per heavy atom. The fourth-order valence-corrected chi connectivity index (χ4v) is 4.84. The number of para-hydroxylation sites is 1. The Balaban J connectivity index is 1.45. The van der Waals surface area contributed by atoms with Gasteiger partial charge in [-0.05, 0) is 36.4 Å². The smallest absolute Gasteiger partial charge is 0.243 e. The molecule has 0 bridgehead atoms. The molecule has 0 saturated carbocycles. The Kier molecular flexibility index (Phi) is 5.46. The largest absolute Gasteiger partial charge is 0.496 e. The highest BCUT2D eigenvalue weighted by molar-refractivity contribution is 7.89. The predicted molar refractivity (Wildman–Crippen MR) is 111 cm³/mol. The highest BCUT2D eigenvalue weighted by Crippen LogP contribution is 2.28. The van der Waals surface area contributed by atoms with Crippen LogP contribution in [0.1, 0.15) is 0 Å². The van der Waals surface area contributed by atoms with Gasteiger partial charge in [0.25, 0.3) is 0 Å². The third-order valence-corrected chi connectivity index (χ3v) is 6.89. The molecule has 8 heteroatoms. The number of hydrogen-bond donors (Lipinski definition) is 0. The zero-order chi connectivity index (χ0) is 20.3. The minimum absolute atomic E-state index is 0.328. The minimum atomic E-state index is -3.46. The number of benzene rings is 2. The van der Waals surface area contributed by atoms with Crippen molar-refractivity contribution in [3.63, 3.8) is 0 Å². The van der Waals surface area contributed by atoms with Crippen molar-refractivity contribution in [1.29, 1.82) is 0 Å². The van der Waals surface area contributed by atoms with Crippen LogP contribution < -0.4 is 9.64 Å². The van der Waals surface area contributed by atoms with E-state index in [2.05, 4.69) is 15.1 Å². The molecule has 2 aromatic carbocycles. The fourth-order valence-electron chi connectivity index (χ4n) is 3.39. The number of aromatic nitrogens is 2. The summed E-state index contributed by atoms with van der Waals surface area (Å²) in [5, 5.41) is 8.70. The predicted octanol–water partition coefficient (Wildman–Crippen LogP) is 2.66. The Bertz CT molecular complexity index is 1060.